The molecule has 0 unspecified atom stereocenters. The Morgan fingerprint density at radius 3 is 2.50 bits per heavy atom. The van der Waals surface area contributed by atoms with Crippen molar-refractivity contribution >= 4 is 23.2 Å². The van der Waals surface area contributed by atoms with E-state index >= 15 is 0 Å². The Kier molecular flexibility index (Phi) is 2.77. The van der Waals surface area contributed by atoms with Crippen LogP contribution in [0.1, 0.15) is 20.3 Å². The van der Waals surface area contributed by atoms with Crippen molar-refractivity contribution in [2.24, 2.45) is 5.41 Å². The molecule has 0 aliphatic carbocycles. The molecule has 0 bridgehead atoms. The molecule has 1 aromatic rings. The number of anilines is 2. The molecule has 5 nitrogen and oxygen atoms in total. The zero-order chi connectivity index (χ0) is 13.5. The largest absolute Gasteiger partial charge is 0.495 e. The molecule has 1 fully saturated rings. The number of ether oxygens (including phenoxy) is 1. The van der Waals surface area contributed by atoms with Crippen LogP contribution in [-0.2, 0) is 9.59 Å². The highest BCUT2D eigenvalue weighted by atomic mass is 16.5. The fourth-order valence-electron chi connectivity index (χ4n) is 2.05. The summed E-state index contributed by atoms with van der Waals surface area (Å²) in [5.41, 5.74) is 6.03. The molecule has 96 valence electrons. The monoisotopic (exact) mass is 248 g/mol. The minimum atomic E-state index is -0.647. The molecular weight excluding hydrogens is 232 g/mol. The molecule has 0 saturated carbocycles. The van der Waals surface area contributed by atoms with Crippen molar-refractivity contribution in [2.45, 2.75) is 20.3 Å². The van der Waals surface area contributed by atoms with Gasteiger partial charge in [-0.25, -0.2) is 4.90 Å². The number of imide groups is 1. The summed E-state index contributed by atoms with van der Waals surface area (Å²) < 4.78 is 5.09. The van der Waals surface area contributed by atoms with Gasteiger partial charge in [-0.1, -0.05) is 13.8 Å². The number of carbonyl (C=O) groups is 2. The number of rotatable bonds is 2. The van der Waals surface area contributed by atoms with Crippen molar-refractivity contribution in [2.75, 3.05) is 17.7 Å². The summed E-state index contributed by atoms with van der Waals surface area (Å²) in [6.07, 6.45) is 0.221. The van der Waals surface area contributed by atoms with E-state index in [0.717, 1.165) is 0 Å². The maximum absolute atomic E-state index is 12.2. The van der Waals surface area contributed by atoms with Crippen LogP contribution in [0, 0.1) is 5.41 Å². The first-order valence-electron chi connectivity index (χ1n) is 5.68. The van der Waals surface area contributed by atoms with Crippen LogP contribution in [0.25, 0.3) is 0 Å². The smallest absolute Gasteiger partial charge is 0.239 e. The molecule has 1 aliphatic rings. The Balaban J connectivity index is 2.44. The summed E-state index contributed by atoms with van der Waals surface area (Å²) in [6.45, 7) is 3.53. The molecule has 0 aromatic heterocycles. The van der Waals surface area contributed by atoms with Gasteiger partial charge in [-0.2, -0.15) is 0 Å². The van der Waals surface area contributed by atoms with E-state index in [1.54, 1.807) is 32.0 Å². The van der Waals surface area contributed by atoms with Gasteiger partial charge in [0.25, 0.3) is 0 Å². The zero-order valence-corrected chi connectivity index (χ0v) is 10.7. The number of carbonyl (C=O) groups excluding carboxylic acids is 2. The predicted molar refractivity (Wildman–Crippen MR) is 68.3 cm³/mol. The van der Waals surface area contributed by atoms with E-state index in [-0.39, 0.29) is 18.2 Å². The first-order valence-corrected chi connectivity index (χ1v) is 5.68. The topological polar surface area (TPSA) is 72.6 Å². The molecule has 5 heteroatoms. The molecule has 2 rings (SSSR count). The summed E-state index contributed by atoms with van der Waals surface area (Å²) in [6, 6.07) is 4.88. The van der Waals surface area contributed by atoms with E-state index < -0.39 is 5.41 Å². The lowest BCUT2D eigenvalue weighted by molar-refractivity contribution is -0.124. The maximum Gasteiger partial charge on any atom is 0.239 e. The van der Waals surface area contributed by atoms with E-state index in [1.807, 2.05) is 0 Å². The Labute approximate surface area is 106 Å². The van der Waals surface area contributed by atoms with Crippen LogP contribution in [0.2, 0.25) is 0 Å². The van der Waals surface area contributed by atoms with E-state index in [1.165, 1.54) is 12.0 Å². The Bertz CT molecular complexity index is 523. The van der Waals surface area contributed by atoms with Crippen molar-refractivity contribution in [3.63, 3.8) is 0 Å². The van der Waals surface area contributed by atoms with Crippen LogP contribution in [0.5, 0.6) is 5.75 Å². The number of amides is 2. The number of nitrogens with zero attached hydrogens (tertiary/aromatic N) is 1. The van der Waals surface area contributed by atoms with E-state index in [2.05, 4.69) is 0 Å². The highest BCUT2D eigenvalue weighted by Crippen LogP contribution is 2.37. The van der Waals surface area contributed by atoms with Crippen LogP contribution in [0.4, 0.5) is 11.4 Å². The molecule has 1 saturated heterocycles. The molecule has 1 aliphatic heterocycles. The molecular formula is C13H16N2O3. The standard InChI is InChI=1S/C13H16N2O3/c1-13(2)7-11(16)15(12(13)17)8-4-5-9(14)10(6-8)18-3/h4-6H,7,14H2,1-3H3. The van der Waals surface area contributed by atoms with Crippen LogP contribution in [-0.4, -0.2) is 18.9 Å². The lowest BCUT2D eigenvalue weighted by atomic mass is 9.92. The van der Waals surface area contributed by atoms with E-state index in [9.17, 15) is 9.59 Å². The predicted octanol–water partition coefficient (Wildman–Crippen LogP) is 1.57. The summed E-state index contributed by atoms with van der Waals surface area (Å²) in [5, 5.41) is 0. The first-order chi connectivity index (χ1) is 8.36. The minimum Gasteiger partial charge on any atom is -0.495 e. The number of benzene rings is 1. The number of nitrogens with two attached hydrogens (primary N) is 1. The van der Waals surface area contributed by atoms with Gasteiger partial charge in [0.2, 0.25) is 11.8 Å². The van der Waals surface area contributed by atoms with Gasteiger partial charge in [0.15, 0.2) is 0 Å². The fourth-order valence-corrected chi connectivity index (χ4v) is 2.05. The van der Waals surface area contributed by atoms with Crippen LogP contribution >= 0.6 is 0 Å². The Hall–Kier alpha value is -2.04. The maximum atomic E-state index is 12.2. The number of nitrogen functional groups attached to an aromatic ring is 1. The average molecular weight is 248 g/mol. The van der Waals surface area contributed by atoms with Crippen molar-refractivity contribution < 1.29 is 14.3 Å². The minimum absolute atomic E-state index is 0.195. The van der Waals surface area contributed by atoms with Gasteiger partial charge in [-0.3, -0.25) is 9.59 Å². The van der Waals surface area contributed by atoms with Crippen LogP contribution in [0.15, 0.2) is 18.2 Å². The Morgan fingerprint density at radius 1 is 1.33 bits per heavy atom. The van der Waals surface area contributed by atoms with Gasteiger partial charge < -0.3 is 10.5 Å². The summed E-state index contributed by atoms with van der Waals surface area (Å²) in [7, 11) is 1.49. The lowest BCUT2D eigenvalue weighted by Crippen LogP contribution is -2.32. The number of hydrogen-bond donors (Lipinski definition) is 1. The summed E-state index contributed by atoms with van der Waals surface area (Å²) in [5.74, 6) is 0.0638. The van der Waals surface area contributed by atoms with Gasteiger partial charge in [-0.15, -0.1) is 0 Å². The summed E-state index contributed by atoms with van der Waals surface area (Å²) in [4.78, 5) is 25.3. The quantitative estimate of drug-likeness (QED) is 0.637. The van der Waals surface area contributed by atoms with Gasteiger partial charge >= 0.3 is 0 Å². The second-order valence-corrected chi connectivity index (χ2v) is 5.02. The second-order valence-electron chi connectivity index (χ2n) is 5.02. The Morgan fingerprint density at radius 2 is 2.00 bits per heavy atom. The molecule has 2 N–H and O–H groups in total. The zero-order valence-electron chi connectivity index (χ0n) is 10.7. The molecule has 0 atom stereocenters. The highest BCUT2D eigenvalue weighted by Gasteiger charge is 2.45. The summed E-state index contributed by atoms with van der Waals surface area (Å²) >= 11 is 0. The number of methoxy groups -OCH3 is 1. The van der Waals surface area contributed by atoms with Gasteiger partial charge in [0, 0.05) is 12.5 Å². The lowest BCUT2D eigenvalue weighted by Gasteiger charge is -2.18. The van der Waals surface area contributed by atoms with Crippen molar-refractivity contribution in [3.05, 3.63) is 18.2 Å². The molecule has 2 amide bonds. The SMILES string of the molecule is COc1cc(N2C(=O)CC(C)(C)C2=O)ccc1N. The molecule has 1 heterocycles. The third-order valence-electron chi connectivity index (χ3n) is 3.10. The second kappa shape index (κ2) is 4.01. The molecule has 18 heavy (non-hydrogen) atoms. The van der Waals surface area contributed by atoms with Crippen molar-refractivity contribution in [3.8, 4) is 5.75 Å². The van der Waals surface area contributed by atoms with Crippen LogP contribution in [0.3, 0.4) is 0 Å². The van der Waals surface area contributed by atoms with Crippen molar-refractivity contribution in [1.82, 2.24) is 0 Å². The molecule has 0 radical (unpaired) electrons. The van der Waals surface area contributed by atoms with Gasteiger partial charge in [0.05, 0.1) is 23.9 Å². The molecule has 0 spiro atoms. The van der Waals surface area contributed by atoms with Gasteiger partial charge in [-0.05, 0) is 12.1 Å². The van der Waals surface area contributed by atoms with E-state index in [4.69, 9.17) is 10.5 Å². The molecule has 1 aromatic carbocycles. The third kappa shape index (κ3) is 1.81. The van der Waals surface area contributed by atoms with Gasteiger partial charge in [0.1, 0.15) is 5.75 Å². The number of hydrogen-bond acceptors (Lipinski definition) is 4. The average Bonchev–Trinajstić information content (AvgIpc) is 2.50. The van der Waals surface area contributed by atoms with E-state index in [0.29, 0.717) is 17.1 Å². The fraction of sp³-hybridized carbons (Fsp3) is 0.385. The highest BCUT2D eigenvalue weighted by molar-refractivity contribution is 6.22. The normalized spacial score (nSPS) is 18.3. The van der Waals surface area contributed by atoms with Crippen molar-refractivity contribution in [1.29, 1.82) is 0 Å². The first kappa shape index (κ1) is 12.4. The van der Waals surface area contributed by atoms with Crippen LogP contribution < -0.4 is 15.4 Å². The third-order valence-corrected chi connectivity index (χ3v) is 3.10.